The lowest BCUT2D eigenvalue weighted by Gasteiger charge is -2.13. The average molecular weight is 211 g/mol. The molecule has 1 N–H and O–H groups in total. The Kier molecular flexibility index (Phi) is 3.31. The van der Waals surface area contributed by atoms with Crippen molar-refractivity contribution in [3.8, 4) is 0 Å². The highest BCUT2D eigenvalue weighted by Crippen LogP contribution is 2.26. The summed E-state index contributed by atoms with van der Waals surface area (Å²) >= 11 is 0. The predicted octanol–water partition coefficient (Wildman–Crippen LogP) is 2.82. The second kappa shape index (κ2) is 4.71. The van der Waals surface area contributed by atoms with E-state index in [4.69, 9.17) is 0 Å². The maximum absolute atomic E-state index is 13.0. The topological polar surface area (TPSA) is 12.0 Å². The summed E-state index contributed by atoms with van der Waals surface area (Å²) in [6.07, 6.45) is 3.16. The highest BCUT2D eigenvalue weighted by atomic mass is 19.2. The molecule has 82 valence electrons. The second-order valence-electron chi connectivity index (χ2n) is 4.05. The molecule has 1 aromatic rings. The van der Waals surface area contributed by atoms with Crippen molar-refractivity contribution in [2.75, 3.05) is 13.1 Å². The lowest BCUT2D eigenvalue weighted by molar-refractivity contribution is 0.502. The van der Waals surface area contributed by atoms with Crippen LogP contribution >= 0.6 is 0 Å². The number of benzene rings is 1. The second-order valence-corrected chi connectivity index (χ2v) is 4.05. The van der Waals surface area contributed by atoms with Gasteiger partial charge in [0.25, 0.3) is 0 Å². The van der Waals surface area contributed by atoms with Gasteiger partial charge in [0.15, 0.2) is 11.6 Å². The van der Waals surface area contributed by atoms with Gasteiger partial charge in [-0.3, -0.25) is 0 Å². The van der Waals surface area contributed by atoms with E-state index in [9.17, 15) is 8.78 Å². The molecule has 1 aromatic carbocycles. The van der Waals surface area contributed by atoms with Crippen LogP contribution in [0.1, 0.15) is 30.7 Å². The molecule has 0 aliphatic carbocycles. The molecular formula is C12H15F2N. The van der Waals surface area contributed by atoms with E-state index in [-0.39, 0.29) is 0 Å². The van der Waals surface area contributed by atoms with Crippen molar-refractivity contribution >= 4 is 0 Å². The van der Waals surface area contributed by atoms with Gasteiger partial charge in [0, 0.05) is 0 Å². The van der Waals surface area contributed by atoms with Crippen molar-refractivity contribution in [1.29, 1.82) is 0 Å². The minimum Gasteiger partial charge on any atom is -0.317 e. The predicted molar refractivity (Wildman–Crippen MR) is 55.8 cm³/mol. The van der Waals surface area contributed by atoms with Gasteiger partial charge >= 0.3 is 0 Å². The number of nitrogens with one attached hydrogen (secondary N) is 1. The van der Waals surface area contributed by atoms with Crippen LogP contribution in [0.15, 0.2) is 18.2 Å². The fourth-order valence-corrected chi connectivity index (χ4v) is 2.12. The Morgan fingerprint density at radius 2 is 1.93 bits per heavy atom. The van der Waals surface area contributed by atoms with Crippen LogP contribution in [0.2, 0.25) is 0 Å². The Bertz CT molecular complexity index is 330. The van der Waals surface area contributed by atoms with Gasteiger partial charge in [-0.1, -0.05) is 6.07 Å². The Hall–Kier alpha value is -0.960. The van der Waals surface area contributed by atoms with Gasteiger partial charge in [0.2, 0.25) is 0 Å². The molecule has 1 atom stereocenters. The summed E-state index contributed by atoms with van der Waals surface area (Å²) in [6.45, 7) is 1.99. The molecule has 1 aliphatic rings. The third-order valence-corrected chi connectivity index (χ3v) is 2.99. The van der Waals surface area contributed by atoms with Crippen molar-refractivity contribution in [2.24, 2.45) is 0 Å². The molecule has 1 heterocycles. The van der Waals surface area contributed by atoms with E-state index < -0.39 is 11.6 Å². The van der Waals surface area contributed by atoms with Crippen molar-refractivity contribution in [3.63, 3.8) is 0 Å². The van der Waals surface area contributed by atoms with Crippen LogP contribution in [0.5, 0.6) is 0 Å². The average Bonchev–Trinajstić information content (AvgIpc) is 2.50. The van der Waals surface area contributed by atoms with E-state index in [1.54, 1.807) is 6.07 Å². The maximum atomic E-state index is 13.0. The molecule has 1 aliphatic heterocycles. The molecule has 3 heteroatoms. The van der Waals surface area contributed by atoms with Crippen molar-refractivity contribution in [1.82, 2.24) is 5.32 Å². The number of hydrogen-bond donors (Lipinski definition) is 1. The molecule has 1 nitrogen and oxygen atoms in total. The lowest BCUT2D eigenvalue weighted by Crippen LogP contribution is -2.13. The van der Waals surface area contributed by atoms with Crippen LogP contribution in [0.3, 0.4) is 0 Å². The minimum atomic E-state index is -0.759. The van der Waals surface area contributed by atoms with Gasteiger partial charge < -0.3 is 5.32 Å². The quantitative estimate of drug-likeness (QED) is 0.753. The largest absolute Gasteiger partial charge is 0.317 e. The fraction of sp³-hybridized carbons (Fsp3) is 0.500. The molecule has 0 bridgehead atoms. The SMILES string of the molecule is Fc1ccc(C2CCCNCC2)cc1F. The van der Waals surface area contributed by atoms with Gasteiger partial charge in [-0.05, 0) is 56.0 Å². The van der Waals surface area contributed by atoms with Crippen LogP contribution in [-0.2, 0) is 0 Å². The Labute approximate surface area is 88.5 Å². The van der Waals surface area contributed by atoms with E-state index >= 15 is 0 Å². The third kappa shape index (κ3) is 2.53. The molecule has 15 heavy (non-hydrogen) atoms. The van der Waals surface area contributed by atoms with Crippen LogP contribution in [0.4, 0.5) is 8.78 Å². The molecule has 0 saturated carbocycles. The first-order valence-corrected chi connectivity index (χ1v) is 5.43. The van der Waals surface area contributed by atoms with Crippen molar-refractivity contribution in [3.05, 3.63) is 35.4 Å². The van der Waals surface area contributed by atoms with Crippen LogP contribution in [0.25, 0.3) is 0 Å². The molecule has 1 unspecified atom stereocenters. The molecule has 2 rings (SSSR count). The standard InChI is InChI=1S/C12H15F2N/c13-11-4-3-10(8-12(11)14)9-2-1-6-15-7-5-9/h3-4,8-9,15H,1-2,5-7H2. The van der Waals surface area contributed by atoms with Gasteiger partial charge in [0.1, 0.15) is 0 Å². The normalized spacial score (nSPS) is 22.4. The van der Waals surface area contributed by atoms with Gasteiger partial charge in [0.05, 0.1) is 0 Å². The summed E-state index contributed by atoms with van der Waals surface area (Å²) in [5.74, 6) is -1.12. The summed E-state index contributed by atoms with van der Waals surface area (Å²) in [4.78, 5) is 0. The first kappa shape index (κ1) is 10.6. The van der Waals surface area contributed by atoms with Crippen LogP contribution in [-0.4, -0.2) is 13.1 Å². The van der Waals surface area contributed by atoms with E-state index in [2.05, 4.69) is 5.32 Å². The number of rotatable bonds is 1. The molecule has 1 fully saturated rings. The van der Waals surface area contributed by atoms with Crippen LogP contribution < -0.4 is 5.32 Å². The van der Waals surface area contributed by atoms with Gasteiger partial charge in [-0.2, -0.15) is 0 Å². The summed E-state index contributed by atoms with van der Waals surface area (Å²) in [7, 11) is 0. The molecular weight excluding hydrogens is 196 g/mol. The smallest absolute Gasteiger partial charge is 0.159 e. The summed E-state index contributed by atoms with van der Waals surface area (Å²) in [5.41, 5.74) is 0.928. The van der Waals surface area contributed by atoms with E-state index in [0.717, 1.165) is 37.9 Å². The molecule has 0 radical (unpaired) electrons. The zero-order chi connectivity index (χ0) is 10.7. The van der Waals surface area contributed by atoms with Crippen molar-refractivity contribution < 1.29 is 8.78 Å². The number of halogens is 2. The minimum absolute atomic E-state index is 0.370. The molecule has 0 aromatic heterocycles. The first-order chi connectivity index (χ1) is 7.27. The van der Waals surface area contributed by atoms with Gasteiger partial charge in [-0.25, -0.2) is 8.78 Å². The molecule has 0 spiro atoms. The molecule has 1 saturated heterocycles. The Morgan fingerprint density at radius 1 is 1.07 bits per heavy atom. The Morgan fingerprint density at radius 3 is 2.73 bits per heavy atom. The zero-order valence-corrected chi connectivity index (χ0v) is 8.60. The lowest BCUT2D eigenvalue weighted by atomic mass is 9.92. The van der Waals surface area contributed by atoms with E-state index in [1.807, 2.05) is 0 Å². The highest BCUT2D eigenvalue weighted by Gasteiger charge is 2.15. The van der Waals surface area contributed by atoms with Crippen LogP contribution in [0, 0.1) is 11.6 Å². The van der Waals surface area contributed by atoms with Crippen molar-refractivity contribution in [2.45, 2.75) is 25.2 Å². The van der Waals surface area contributed by atoms with Gasteiger partial charge in [-0.15, -0.1) is 0 Å². The summed E-state index contributed by atoms with van der Waals surface area (Å²) < 4.78 is 25.8. The highest BCUT2D eigenvalue weighted by molar-refractivity contribution is 5.22. The first-order valence-electron chi connectivity index (χ1n) is 5.43. The maximum Gasteiger partial charge on any atom is 0.159 e. The fourth-order valence-electron chi connectivity index (χ4n) is 2.12. The molecule has 0 amide bonds. The van der Waals surface area contributed by atoms with E-state index in [0.29, 0.717) is 5.92 Å². The monoisotopic (exact) mass is 211 g/mol. The Balaban J connectivity index is 2.16. The summed E-state index contributed by atoms with van der Waals surface area (Å²) in [5, 5.41) is 3.31. The van der Waals surface area contributed by atoms with E-state index in [1.165, 1.54) is 12.1 Å². The summed E-state index contributed by atoms with van der Waals surface area (Å²) in [6, 6.07) is 4.27. The third-order valence-electron chi connectivity index (χ3n) is 2.99. The zero-order valence-electron chi connectivity index (χ0n) is 8.60. The number of hydrogen-bond acceptors (Lipinski definition) is 1.